The number of benzene rings is 18. The molecule has 18 rings (SSSR count). The van der Waals surface area contributed by atoms with Gasteiger partial charge in [-0.3, -0.25) is 0 Å². The average molecular weight is 1420 g/mol. The predicted octanol–water partition coefficient (Wildman–Crippen LogP) is 32.0. The van der Waals surface area contributed by atoms with Crippen LogP contribution < -0.4 is 0 Å². The zero-order chi connectivity index (χ0) is 76.9. The normalized spacial score (nSPS) is 11.4. The minimum Gasteiger partial charge on any atom is -0.0683 e. The van der Waals surface area contributed by atoms with Gasteiger partial charge in [-0.05, 0) is 187 Å². The van der Waals surface area contributed by atoms with Crippen LogP contribution in [0.3, 0.4) is 0 Å². The zero-order valence-electron chi connectivity index (χ0n) is 66.7. The van der Waals surface area contributed by atoms with Gasteiger partial charge in [-0.25, -0.2) is 0 Å². The summed E-state index contributed by atoms with van der Waals surface area (Å²) in [5.74, 6) is 0. The van der Waals surface area contributed by atoms with Crippen molar-refractivity contribution in [3.63, 3.8) is 0 Å². The fourth-order valence-electron chi connectivity index (χ4n) is 16.0. The topological polar surface area (TPSA) is 0 Å². The summed E-state index contributed by atoms with van der Waals surface area (Å²) in [4.78, 5) is 0. The molecule has 0 radical (unpaired) electrons. The Labute approximate surface area is 649 Å². The van der Waals surface area contributed by atoms with E-state index in [1.807, 2.05) is 32.0 Å². The monoisotopic (exact) mass is 1410 g/mol. The highest BCUT2D eigenvalue weighted by Crippen LogP contribution is 2.47. The molecule has 0 heterocycles. The summed E-state index contributed by atoms with van der Waals surface area (Å²) >= 11 is 0. The van der Waals surface area contributed by atoms with Gasteiger partial charge >= 0.3 is 0 Å². The van der Waals surface area contributed by atoms with E-state index < -0.39 is 0 Å². The lowest BCUT2D eigenvalue weighted by atomic mass is 9.78. The van der Waals surface area contributed by atoms with E-state index in [2.05, 4.69) is 442 Å². The first-order chi connectivity index (χ1) is 52.6. The molecule has 18 aromatic rings. The van der Waals surface area contributed by atoms with Gasteiger partial charge in [0.05, 0.1) is 0 Å². The Hall–Kier alpha value is -11.7. The third kappa shape index (κ3) is 17.3. The fraction of sp³-hybridized carbons (Fsp3) is 0.174. The van der Waals surface area contributed by atoms with Crippen LogP contribution in [0.15, 0.2) is 370 Å². The smallest absolute Gasteiger partial charge is 0.00266 e. The molecule has 0 amide bonds. The lowest BCUT2D eigenvalue weighted by Crippen LogP contribution is -2.13. The Morgan fingerprint density at radius 1 is 0.156 bits per heavy atom. The van der Waals surface area contributed by atoms with Crippen LogP contribution in [0.1, 0.15) is 125 Å². The van der Waals surface area contributed by atoms with Gasteiger partial charge in [0, 0.05) is 0 Å². The van der Waals surface area contributed by atoms with Gasteiger partial charge in [-0.15, -0.1) is 0 Å². The van der Waals surface area contributed by atoms with E-state index in [9.17, 15) is 0 Å². The molecule has 0 atom stereocenters. The Kier molecular flexibility index (Phi) is 24.0. The van der Waals surface area contributed by atoms with Crippen molar-refractivity contribution in [1.29, 1.82) is 0 Å². The van der Waals surface area contributed by atoms with Crippen LogP contribution >= 0.6 is 0 Å². The van der Waals surface area contributed by atoms with Crippen LogP contribution in [0.2, 0.25) is 0 Å². The predicted molar refractivity (Wildman–Crippen MR) is 483 cm³/mol. The van der Waals surface area contributed by atoms with Crippen LogP contribution in [0, 0.1) is 6.92 Å². The summed E-state index contributed by atoms with van der Waals surface area (Å²) in [5, 5.41) is 24.3. The first kappa shape index (κ1) is 76.9. The largest absolute Gasteiger partial charge is 0.0683 e. The van der Waals surface area contributed by atoms with Gasteiger partial charge in [0.1, 0.15) is 0 Å². The molecule has 0 unspecified atom stereocenters. The second-order valence-electron chi connectivity index (χ2n) is 32.3. The second-order valence-corrected chi connectivity index (χ2v) is 32.3. The molecule has 0 spiro atoms. The first-order valence-electron chi connectivity index (χ1n) is 39.0. The lowest BCUT2D eigenvalue weighted by Gasteiger charge is -2.26. The average Bonchev–Trinajstić information content (AvgIpc) is 0.748. The van der Waals surface area contributed by atoms with Crippen LogP contribution in [0.5, 0.6) is 0 Å². The van der Waals surface area contributed by atoms with E-state index in [1.54, 1.807) is 0 Å². The van der Waals surface area contributed by atoms with Gasteiger partial charge in [0.25, 0.3) is 0 Å². The van der Waals surface area contributed by atoms with Gasteiger partial charge in [0.15, 0.2) is 0 Å². The van der Waals surface area contributed by atoms with Crippen LogP contribution in [0.25, 0.3) is 130 Å². The number of hydrogen-bond acceptors (Lipinski definition) is 0. The highest BCUT2D eigenvalue weighted by Gasteiger charge is 2.27. The Bertz CT molecular complexity index is 5370. The summed E-state index contributed by atoms with van der Waals surface area (Å²) in [5.41, 5.74) is 15.4. The number of fused-ring (bicyclic) bond motifs is 9. The third-order valence-electron chi connectivity index (χ3n) is 20.4. The molecular weight excluding hydrogens is 1310 g/mol. The quantitative estimate of drug-likeness (QED) is 0.155. The van der Waals surface area contributed by atoms with E-state index in [0.717, 1.165) is 0 Å². The Balaban J connectivity index is 0.000000126. The summed E-state index contributed by atoms with van der Waals surface area (Å²) < 4.78 is 0. The molecule has 0 aliphatic heterocycles. The van der Waals surface area contributed by atoms with Gasteiger partial charge < -0.3 is 0 Å². The summed E-state index contributed by atoms with van der Waals surface area (Å²) in [6.07, 6.45) is 0. The van der Waals surface area contributed by atoms with Crippen LogP contribution in [-0.2, 0) is 21.7 Å². The van der Waals surface area contributed by atoms with Crippen molar-refractivity contribution < 1.29 is 0 Å². The minimum atomic E-state index is 0.0917. The maximum atomic E-state index is 2.31. The highest BCUT2D eigenvalue weighted by atomic mass is 14.3. The van der Waals surface area contributed by atoms with Gasteiger partial charge in [-0.1, -0.05) is 466 Å². The number of hydrogen-bond donors (Lipinski definition) is 0. The maximum Gasteiger partial charge on any atom is -0.00266 e. The van der Waals surface area contributed by atoms with Crippen molar-refractivity contribution >= 4 is 97.0 Å². The zero-order valence-corrected chi connectivity index (χ0v) is 66.7. The molecular formula is C109H106. The third-order valence-corrected chi connectivity index (χ3v) is 20.4. The Morgan fingerprint density at radius 3 is 0.505 bits per heavy atom. The van der Waals surface area contributed by atoms with Crippen molar-refractivity contribution in [2.45, 2.75) is 126 Å². The van der Waals surface area contributed by atoms with E-state index >= 15 is 0 Å². The molecule has 0 saturated carbocycles. The molecule has 0 nitrogen and oxygen atoms in total. The fourth-order valence-corrected chi connectivity index (χ4v) is 16.0. The Morgan fingerprint density at radius 2 is 0.312 bits per heavy atom. The molecule has 0 fully saturated rings. The molecule has 0 bridgehead atoms. The van der Waals surface area contributed by atoms with Gasteiger partial charge in [-0.2, -0.15) is 0 Å². The SMILES string of the molecule is CC.CC(C)(C)c1c2ccccc2c(-c2ccccc2)c2ccccc12.CC(C)(C)c1c2ccccc2c(-c2ccccc2)c2ccccc12.CC(C)(C)c1c2ccccc2c(-c2ccccc2)c2ccccc12.CC(C)(C)c1c2ccccc2cc2ccccc12.Cc1ccccc1.c1ccc2ccccc2c1. The maximum absolute atomic E-state index is 2.31. The van der Waals surface area contributed by atoms with Crippen LogP contribution in [0.4, 0.5) is 0 Å². The van der Waals surface area contributed by atoms with E-state index in [4.69, 9.17) is 0 Å². The number of aryl methyl sites for hydroxylation is 1. The van der Waals surface area contributed by atoms with Crippen molar-refractivity contribution in [3.8, 4) is 33.4 Å². The molecule has 0 aliphatic rings. The first-order valence-corrected chi connectivity index (χ1v) is 39.0. The molecule has 18 aromatic carbocycles. The van der Waals surface area contributed by atoms with Gasteiger partial charge in [0.2, 0.25) is 0 Å². The minimum absolute atomic E-state index is 0.0917. The van der Waals surface area contributed by atoms with E-state index in [-0.39, 0.29) is 21.7 Å². The molecule has 109 heavy (non-hydrogen) atoms. The highest BCUT2D eigenvalue weighted by molar-refractivity contribution is 6.18. The summed E-state index contributed by atoms with van der Waals surface area (Å²) in [6, 6.07) is 132. The summed E-state index contributed by atoms with van der Waals surface area (Å²) in [6.45, 7) is 33.7. The van der Waals surface area contributed by atoms with Crippen molar-refractivity contribution in [1.82, 2.24) is 0 Å². The molecule has 542 valence electrons. The van der Waals surface area contributed by atoms with Crippen molar-refractivity contribution in [2.24, 2.45) is 0 Å². The lowest BCUT2D eigenvalue weighted by molar-refractivity contribution is 0.601. The molecule has 0 aromatic heterocycles. The van der Waals surface area contributed by atoms with Crippen LogP contribution in [-0.4, -0.2) is 0 Å². The molecule has 0 aliphatic carbocycles. The molecule has 0 saturated heterocycles. The standard InChI is InChI=1S/3C24H22.C18H18.C10H8.C7H8.C2H6/c3*1-24(2,3)23-20-15-9-7-13-18(20)22(17-11-5-4-6-12-17)19-14-8-10-16-21(19)23;1-18(2,3)17-15-10-6-4-8-13(15)12-14-9-5-7-11-16(14)17;1-2-6-10-8-4-3-7-9(10)5-1;1-7-5-3-2-4-6-7;1-2/h3*4-16H,1-3H3;4-12H,1-3H3;1-8H;2-6H,1H3;1-2H3. The van der Waals surface area contributed by atoms with E-state index in [1.165, 1.54) is 158 Å². The summed E-state index contributed by atoms with van der Waals surface area (Å²) in [7, 11) is 0. The van der Waals surface area contributed by atoms with E-state index in [0.29, 0.717) is 0 Å². The van der Waals surface area contributed by atoms with Crippen molar-refractivity contribution in [2.75, 3.05) is 0 Å². The second kappa shape index (κ2) is 34.0. The van der Waals surface area contributed by atoms with Crippen molar-refractivity contribution in [3.05, 3.63) is 398 Å². The molecule has 0 heteroatoms. The number of rotatable bonds is 3. The molecule has 0 N–H and O–H groups in total.